The van der Waals surface area contributed by atoms with Gasteiger partial charge in [0.2, 0.25) is 0 Å². The maximum Gasteiger partial charge on any atom is 0.139 e. The van der Waals surface area contributed by atoms with Crippen molar-refractivity contribution in [2.75, 3.05) is 0 Å². The molecular formula is C17H16ClFN2. The first-order valence-electron chi connectivity index (χ1n) is 6.93. The number of aromatic nitrogens is 2. The van der Waals surface area contributed by atoms with Gasteiger partial charge in [0, 0.05) is 11.8 Å². The molecule has 4 heteroatoms. The van der Waals surface area contributed by atoms with E-state index in [9.17, 15) is 4.39 Å². The minimum absolute atomic E-state index is 0.284. The van der Waals surface area contributed by atoms with Crippen LogP contribution in [0.15, 0.2) is 42.6 Å². The highest BCUT2D eigenvalue weighted by molar-refractivity contribution is 6.17. The fourth-order valence-electron chi connectivity index (χ4n) is 2.45. The number of hydrogen-bond donors (Lipinski definition) is 0. The Balaban J connectivity index is 2.15. The number of fused-ring (bicyclic) bond motifs is 1. The molecule has 2 aromatic heterocycles. The van der Waals surface area contributed by atoms with Gasteiger partial charge in [-0.3, -0.25) is 4.40 Å². The van der Waals surface area contributed by atoms with Crippen LogP contribution < -0.4 is 0 Å². The second kappa shape index (κ2) is 5.49. The maximum atomic E-state index is 13.4. The Morgan fingerprint density at radius 2 is 1.86 bits per heavy atom. The van der Waals surface area contributed by atoms with E-state index in [1.807, 2.05) is 12.1 Å². The van der Waals surface area contributed by atoms with Gasteiger partial charge in [-0.05, 0) is 23.6 Å². The standard InChI is InChI=1S/C17H16ClFN2/c1-11(2)12-3-5-13(6-4-12)17-15(9-18)21-10-14(19)7-8-16(21)20-17/h3-8,10-11H,9H2,1-2H3. The lowest BCUT2D eigenvalue weighted by molar-refractivity contribution is 0.618. The number of nitrogens with zero attached hydrogens (tertiary/aromatic N) is 2. The van der Waals surface area contributed by atoms with Gasteiger partial charge in [-0.1, -0.05) is 38.1 Å². The molecule has 2 heterocycles. The van der Waals surface area contributed by atoms with E-state index >= 15 is 0 Å². The lowest BCUT2D eigenvalue weighted by Crippen LogP contribution is -1.93. The molecule has 0 atom stereocenters. The van der Waals surface area contributed by atoms with Crippen LogP contribution in [-0.2, 0) is 5.88 Å². The summed E-state index contributed by atoms with van der Waals surface area (Å²) < 4.78 is 15.1. The van der Waals surface area contributed by atoms with E-state index in [-0.39, 0.29) is 11.7 Å². The summed E-state index contributed by atoms with van der Waals surface area (Å²) in [5.74, 6) is 0.473. The van der Waals surface area contributed by atoms with Crippen molar-refractivity contribution in [2.24, 2.45) is 0 Å². The van der Waals surface area contributed by atoms with Crippen LogP contribution >= 0.6 is 11.6 Å². The zero-order chi connectivity index (χ0) is 15.0. The van der Waals surface area contributed by atoms with Gasteiger partial charge in [-0.15, -0.1) is 11.6 Å². The molecule has 0 unspecified atom stereocenters. The molecule has 3 rings (SSSR count). The second-order valence-electron chi connectivity index (χ2n) is 5.39. The fraction of sp³-hybridized carbons (Fsp3) is 0.235. The van der Waals surface area contributed by atoms with Gasteiger partial charge in [0.1, 0.15) is 11.5 Å². The zero-order valence-corrected chi connectivity index (χ0v) is 12.7. The Hall–Kier alpha value is -1.87. The Labute approximate surface area is 128 Å². The van der Waals surface area contributed by atoms with Crippen LogP contribution in [0, 0.1) is 5.82 Å². The van der Waals surface area contributed by atoms with E-state index in [1.165, 1.54) is 17.8 Å². The van der Waals surface area contributed by atoms with Crippen LogP contribution in [0.1, 0.15) is 31.0 Å². The van der Waals surface area contributed by atoms with E-state index in [0.29, 0.717) is 11.6 Å². The monoisotopic (exact) mass is 302 g/mol. The SMILES string of the molecule is CC(C)c1ccc(-c2nc3ccc(F)cn3c2CCl)cc1. The molecule has 0 saturated carbocycles. The Morgan fingerprint density at radius 3 is 2.48 bits per heavy atom. The number of hydrogen-bond acceptors (Lipinski definition) is 1. The van der Waals surface area contributed by atoms with Gasteiger partial charge in [0.25, 0.3) is 0 Å². The number of alkyl halides is 1. The summed E-state index contributed by atoms with van der Waals surface area (Å²) in [7, 11) is 0. The van der Waals surface area contributed by atoms with Gasteiger partial charge in [-0.25, -0.2) is 9.37 Å². The van der Waals surface area contributed by atoms with Crippen molar-refractivity contribution in [2.45, 2.75) is 25.6 Å². The summed E-state index contributed by atoms with van der Waals surface area (Å²) in [6, 6.07) is 11.4. The molecule has 0 aliphatic rings. The predicted octanol–water partition coefficient (Wildman–Crippen LogP) is 5.00. The largest absolute Gasteiger partial charge is 0.299 e. The number of halogens is 2. The molecule has 0 aliphatic heterocycles. The van der Waals surface area contributed by atoms with Crippen molar-refractivity contribution >= 4 is 17.2 Å². The summed E-state index contributed by atoms with van der Waals surface area (Å²) >= 11 is 6.05. The average molecular weight is 303 g/mol. The van der Waals surface area contributed by atoms with Gasteiger partial charge in [0.15, 0.2) is 0 Å². The molecule has 2 nitrogen and oxygen atoms in total. The molecular weight excluding hydrogens is 287 g/mol. The molecule has 108 valence electrons. The topological polar surface area (TPSA) is 17.3 Å². The molecule has 0 radical (unpaired) electrons. The van der Waals surface area contributed by atoms with E-state index in [2.05, 4.69) is 31.0 Å². The third-order valence-electron chi connectivity index (χ3n) is 3.66. The highest BCUT2D eigenvalue weighted by Crippen LogP contribution is 2.27. The first kappa shape index (κ1) is 14.1. The number of rotatable bonds is 3. The van der Waals surface area contributed by atoms with Crippen LogP contribution in [0.4, 0.5) is 4.39 Å². The van der Waals surface area contributed by atoms with Crippen molar-refractivity contribution in [3.05, 3.63) is 59.7 Å². The van der Waals surface area contributed by atoms with E-state index in [4.69, 9.17) is 11.6 Å². The van der Waals surface area contributed by atoms with E-state index in [0.717, 1.165) is 17.0 Å². The number of imidazole rings is 1. The highest BCUT2D eigenvalue weighted by atomic mass is 35.5. The molecule has 0 spiro atoms. The minimum Gasteiger partial charge on any atom is -0.299 e. The van der Waals surface area contributed by atoms with Crippen LogP contribution in [0.5, 0.6) is 0 Å². The maximum absolute atomic E-state index is 13.4. The lowest BCUT2D eigenvalue weighted by atomic mass is 10.0. The third kappa shape index (κ3) is 2.54. The molecule has 1 aromatic carbocycles. The minimum atomic E-state index is -0.298. The second-order valence-corrected chi connectivity index (χ2v) is 5.66. The quantitative estimate of drug-likeness (QED) is 0.622. The van der Waals surface area contributed by atoms with Crippen LogP contribution in [0.3, 0.4) is 0 Å². The van der Waals surface area contributed by atoms with Gasteiger partial charge in [0.05, 0.1) is 17.3 Å². The summed E-state index contributed by atoms with van der Waals surface area (Å²) in [5.41, 5.74) is 4.60. The summed E-state index contributed by atoms with van der Waals surface area (Å²) in [5, 5.41) is 0. The highest BCUT2D eigenvalue weighted by Gasteiger charge is 2.14. The van der Waals surface area contributed by atoms with Crippen LogP contribution in [0.2, 0.25) is 0 Å². The van der Waals surface area contributed by atoms with Gasteiger partial charge in [-0.2, -0.15) is 0 Å². The van der Waals surface area contributed by atoms with Crippen molar-refractivity contribution in [3.63, 3.8) is 0 Å². The molecule has 0 N–H and O–H groups in total. The Kier molecular flexibility index (Phi) is 3.68. The summed E-state index contributed by atoms with van der Waals surface area (Å²) in [4.78, 5) is 4.58. The predicted molar refractivity (Wildman–Crippen MR) is 84.2 cm³/mol. The molecule has 0 fully saturated rings. The van der Waals surface area contributed by atoms with Crippen molar-refractivity contribution in [1.29, 1.82) is 0 Å². The normalized spacial score (nSPS) is 11.5. The smallest absolute Gasteiger partial charge is 0.139 e. The van der Waals surface area contributed by atoms with Gasteiger partial charge >= 0.3 is 0 Å². The van der Waals surface area contributed by atoms with E-state index in [1.54, 1.807) is 10.5 Å². The third-order valence-corrected chi connectivity index (χ3v) is 3.91. The summed E-state index contributed by atoms with van der Waals surface area (Å²) in [6.07, 6.45) is 1.42. The first-order valence-corrected chi connectivity index (χ1v) is 7.46. The zero-order valence-electron chi connectivity index (χ0n) is 12.0. The van der Waals surface area contributed by atoms with Crippen molar-refractivity contribution in [3.8, 4) is 11.3 Å². The fourth-order valence-corrected chi connectivity index (χ4v) is 2.71. The van der Waals surface area contributed by atoms with Crippen molar-refractivity contribution in [1.82, 2.24) is 9.38 Å². The molecule has 0 saturated heterocycles. The van der Waals surface area contributed by atoms with Crippen LogP contribution in [-0.4, -0.2) is 9.38 Å². The van der Waals surface area contributed by atoms with Crippen molar-refractivity contribution < 1.29 is 4.39 Å². The number of benzene rings is 1. The first-order chi connectivity index (χ1) is 10.1. The molecule has 0 bridgehead atoms. The molecule has 0 amide bonds. The lowest BCUT2D eigenvalue weighted by Gasteiger charge is -2.06. The summed E-state index contributed by atoms with van der Waals surface area (Å²) in [6.45, 7) is 4.32. The average Bonchev–Trinajstić information content (AvgIpc) is 2.85. The Bertz CT molecular complexity index is 775. The van der Waals surface area contributed by atoms with E-state index < -0.39 is 0 Å². The van der Waals surface area contributed by atoms with Crippen LogP contribution in [0.25, 0.3) is 16.9 Å². The number of pyridine rings is 1. The van der Waals surface area contributed by atoms with Gasteiger partial charge < -0.3 is 0 Å². The molecule has 0 aliphatic carbocycles. The molecule has 21 heavy (non-hydrogen) atoms. The Morgan fingerprint density at radius 1 is 1.14 bits per heavy atom. The molecule has 3 aromatic rings.